The number of aryl methyl sites for hydroxylation is 1. The number of ether oxygens (including phenoxy) is 1. The number of hydrogen-bond acceptors (Lipinski definition) is 4. The lowest BCUT2D eigenvalue weighted by atomic mass is 10.3. The molecule has 0 aliphatic carbocycles. The van der Waals surface area contributed by atoms with Crippen LogP contribution < -0.4 is 0 Å². The third kappa shape index (κ3) is 2.21. The molecule has 0 bridgehead atoms. The van der Waals surface area contributed by atoms with Crippen LogP contribution in [0.1, 0.15) is 22.5 Å². The third-order valence-corrected chi connectivity index (χ3v) is 3.17. The maximum absolute atomic E-state index is 5.01. The molecule has 0 radical (unpaired) electrons. The van der Waals surface area contributed by atoms with E-state index in [0.29, 0.717) is 6.61 Å². The molecule has 0 saturated heterocycles. The fourth-order valence-corrected chi connectivity index (χ4v) is 2.39. The minimum atomic E-state index is 0.617. The summed E-state index contributed by atoms with van der Waals surface area (Å²) in [4.78, 5) is 5.71. The van der Waals surface area contributed by atoms with Gasteiger partial charge in [-0.25, -0.2) is 4.98 Å². The Labute approximate surface area is 82.4 Å². The quantitative estimate of drug-likeness (QED) is 0.758. The Kier molecular flexibility index (Phi) is 4.05. The van der Waals surface area contributed by atoms with E-state index in [4.69, 9.17) is 4.74 Å². The van der Waals surface area contributed by atoms with Crippen LogP contribution >= 0.6 is 24.0 Å². The molecule has 12 heavy (non-hydrogen) atoms. The van der Waals surface area contributed by atoms with Gasteiger partial charge in [0.1, 0.15) is 5.01 Å². The van der Waals surface area contributed by atoms with Crippen molar-refractivity contribution in [3.63, 3.8) is 0 Å². The van der Waals surface area contributed by atoms with Gasteiger partial charge in [0.25, 0.3) is 0 Å². The lowest BCUT2D eigenvalue weighted by molar-refractivity contribution is 0.184. The van der Waals surface area contributed by atoms with Crippen molar-refractivity contribution in [2.45, 2.75) is 25.7 Å². The Hall–Kier alpha value is -0.0600. The smallest absolute Gasteiger partial charge is 0.119 e. The van der Waals surface area contributed by atoms with E-state index in [1.807, 2.05) is 0 Å². The lowest BCUT2D eigenvalue weighted by Gasteiger charge is -1.90. The van der Waals surface area contributed by atoms with Crippen molar-refractivity contribution < 1.29 is 4.74 Å². The molecule has 0 N–H and O–H groups in total. The number of nitrogens with zero attached hydrogens (tertiary/aromatic N) is 1. The van der Waals surface area contributed by atoms with Crippen molar-refractivity contribution in [2.75, 3.05) is 7.11 Å². The fraction of sp³-hybridized carbons (Fsp3) is 0.625. The van der Waals surface area contributed by atoms with Crippen molar-refractivity contribution in [3.05, 3.63) is 15.6 Å². The van der Waals surface area contributed by atoms with E-state index in [1.54, 1.807) is 18.4 Å². The monoisotopic (exact) mass is 203 g/mol. The molecule has 0 amide bonds. The van der Waals surface area contributed by atoms with Crippen LogP contribution in [0.3, 0.4) is 0 Å². The first-order valence-corrected chi connectivity index (χ1v) is 5.34. The van der Waals surface area contributed by atoms with Gasteiger partial charge in [0.2, 0.25) is 0 Å². The zero-order valence-corrected chi connectivity index (χ0v) is 9.04. The van der Waals surface area contributed by atoms with Gasteiger partial charge in [-0.15, -0.1) is 11.3 Å². The van der Waals surface area contributed by atoms with Crippen molar-refractivity contribution >= 4 is 24.0 Å². The van der Waals surface area contributed by atoms with Crippen LogP contribution in [0.15, 0.2) is 0 Å². The average molecular weight is 203 g/mol. The standard InChI is InChI=1S/C8H13NOS2/c1-3-6-7(5-11)12-8(9-6)4-10-2/h11H,3-5H2,1-2H3. The van der Waals surface area contributed by atoms with Crippen molar-refractivity contribution in [1.29, 1.82) is 0 Å². The molecule has 0 saturated carbocycles. The molecule has 0 unspecified atom stereocenters. The summed E-state index contributed by atoms with van der Waals surface area (Å²) in [7, 11) is 1.69. The second kappa shape index (κ2) is 4.84. The molecule has 0 aliphatic rings. The van der Waals surface area contributed by atoms with E-state index in [9.17, 15) is 0 Å². The molecule has 1 rings (SSSR count). The Morgan fingerprint density at radius 2 is 2.33 bits per heavy atom. The molecule has 0 spiro atoms. The minimum Gasteiger partial charge on any atom is -0.378 e. The Balaban J connectivity index is 2.81. The number of methoxy groups -OCH3 is 1. The third-order valence-electron chi connectivity index (χ3n) is 1.57. The van der Waals surface area contributed by atoms with Gasteiger partial charge >= 0.3 is 0 Å². The Bertz CT molecular complexity index is 226. The van der Waals surface area contributed by atoms with Crippen molar-refractivity contribution in [3.8, 4) is 0 Å². The molecule has 4 heteroatoms. The normalized spacial score (nSPS) is 10.6. The summed E-state index contributed by atoms with van der Waals surface area (Å²) in [6.07, 6.45) is 0.982. The fourth-order valence-electron chi connectivity index (χ4n) is 1.02. The highest BCUT2D eigenvalue weighted by Crippen LogP contribution is 2.21. The summed E-state index contributed by atoms with van der Waals surface area (Å²) in [5.74, 6) is 0.782. The van der Waals surface area contributed by atoms with Crippen LogP contribution in [0.2, 0.25) is 0 Å². The lowest BCUT2D eigenvalue weighted by Crippen LogP contribution is -1.88. The minimum absolute atomic E-state index is 0.617. The van der Waals surface area contributed by atoms with Gasteiger partial charge in [0, 0.05) is 17.7 Å². The highest BCUT2D eigenvalue weighted by molar-refractivity contribution is 7.79. The predicted molar refractivity (Wildman–Crippen MR) is 54.9 cm³/mol. The summed E-state index contributed by atoms with van der Waals surface area (Å²) in [5.41, 5.74) is 1.17. The zero-order chi connectivity index (χ0) is 8.97. The van der Waals surface area contributed by atoms with Gasteiger partial charge in [0.15, 0.2) is 0 Å². The molecular weight excluding hydrogens is 190 g/mol. The molecule has 1 aromatic rings. The molecule has 68 valence electrons. The molecule has 0 aromatic carbocycles. The van der Waals surface area contributed by atoms with E-state index in [2.05, 4.69) is 24.5 Å². The van der Waals surface area contributed by atoms with E-state index >= 15 is 0 Å². The second-order valence-electron chi connectivity index (χ2n) is 2.42. The van der Waals surface area contributed by atoms with Gasteiger partial charge in [-0.2, -0.15) is 12.6 Å². The SMILES string of the molecule is CCc1nc(COC)sc1CS. The number of hydrogen-bond donors (Lipinski definition) is 1. The van der Waals surface area contributed by atoms with Gasteiger partial charge in [0.05, 0.1) is 12.3 Å². The van der Waals surface area contributed by atoms with E-state index in [0.717, 1.165) is 17.2 Å². The Morgan fingerprint density at radius 1 is 1.58 bits per heavy atom. The topological polar surface area (TPSA) is 22.1 Å². The number of rotatable bonds is 4. The van der Waals surface area contributed by atoms with Crippen molar-refractivity contribution in [2.24, 2.45) is 0 Å². The van der Waals surface area contributed by atoms with Crippen LogP contribution in [0.5, 0.6) is 0 Å². The zero-order valence-electron chi connectivity index (χ0n) is 7.33. The van der Waals surface area contributed by atoms with Crippen LogP contribution in [-0.4, -0.2) is 12.1 Å². The maximum atomic E-state index is 5.01. The van der Waals surface area contributed by atoms with Crippen LogP contribution in [0, 0.1) is 0 Å². The van der Waals surface area contributed by atoms with Gasteiger partial charge in [-0.1, -0.05) is 6.92 Å². The number of thiol groups is 1. The molecule has 1 aromatic heterocycles. The van der Waals surface area contributed by atoms with Gasteiger partial charge in [-0.3, -0.25) is 0 Å². The molecule has 0 atom stereocenters. The van der Waals surface area contributed by atoms with Gasteiger partial charge in [-0.05, 0) is 6.42 Å². The average Bonchev–Trinajstić information content (AvgIpc) is 2.48. The number of aromatic nitrogens is 1. The highest BCUT2D eigenvalue weighted by atomic mass is 32.1. The summed E-state index contributed by atoms with van der Waals surface area (Å²) >= 11 is 5.94. The molecular formula is C8H13NOS2. The number of thiazole rings is 1. The Morgan fingerprint density at radius 3 is 2.75 bits per heavy atom. The second-order valence-corrected chi connectivity index (χ2v) is 3.91. The van der Waals surface area contributed by atoms with E-state index < -0.39 is 0 Å². The molecule has 1 heterocycles. The van der Waals surface area contributed by atoms with Gasteiger partial charge < -0.3 is 4.74 Å². The van der Waals surface area contributed by atoms with E-state index in [-0.39, 0.29) is 0 Å². The first-order valence-electron chi connectivity index (χ1n) is 3.89. The largest absolute Gasteiger partial charge is 0.378 e. The predicted octanol–water partition coefficient (Wildman–Crippen LogP) is 2.28. The molecule has 0 aliphatic heterocycles. The molecule has 2 nitrogen and oxygen atoms in total. The summed E-state index contributed by atoms with van der Waals surface area (Å²) < 4.78 is 5.01. The summed E-state index contributed by atoms with van der Waals surface area (Å²) in [6.45, 7) is 2.73. The van der Waals surface area contributed by atoms with E-state index in [1.165, 1.54) is 10.6 Å². The highest BCUT2D eigenvalue weighted by Gasteiger charge is 2.07. The first kappa shape index (κ1) is 10.0. The summed E-state index contributed by atoms with van der Waals surface area (Å²) in [6, 6.07) is 0. The van der Waals surface area contributed by atoms with Crippen LogP contribution in [-0.2, 0) is 23.5 Å². The maximum Gasteiger partial charge on any atom is 0.119 e. The van der Waals surface area contributed by atoms with Crippen molar-refractivity contribution in [1.82, 2.24) is 4.98 Å². The summed E-state index contributed by atoms with van der Waals surface area (Å²) in [5, 5.41) is 1.05. The first-order chi connectivity index (χ1) is 5.81. The molecule has 0 fully saturated rings. The van der Waals surface area contributed by atoms with Crippen LogP contribution in [0.25, 0.3) is 0 Å². The van der Waals surface area contributed by atoms with Crippen LogP contribution in [0.4, 0.5) is 0 Å².